The fourth-order valence-corrected chi connectivity index (χ4v) is 2.37. The molecule has 0 saturated heterocycles. The van der Waals surface area contributed by atoms with Gasteiger partial charge < -0.3 is 10.2 Å². The average molecular weight is 317 g/mol. The molecule has 0 radical (unpaired) electrons. The van der Waals surface area contributed by atoms with E-state index in [1.54, 1.807) is 32.0 Å². The Hall–Kier alpha value is -1.26. The van der Waals surface area contributed by atoms with Crippen LogP contribution < -0.4 is 5.32 Å². The molecule has 1 N–H and O–H groups in total. The quantitative estimate of drug-likeness (QED) is 0.908. The van der Waals surface area contributed by atoms with Gasteiger partial charge in [0.15, 0.2) is 0 Å². The summed E-state index contributed by atoms with van der Waals surface area (Å²) in [5, 5.41) is 3.50. The van der Waals surface area contributed by atoms with E-state index in [0.717, 1.165) is 0 Å². The first kappa shape index (κ1) is 16.8. The van der Waals surface area contributed by atoms with E-state index >= 15 is 0 Å². The minimum atomic E-state index is -0.584. The van der Waals surface area contributed by atoms with Crippen molar-refractivity contribution < 1.29 is 9.59 Å². The van der Waals surface area contributed by atoms with Crippen molar-refractivity contribution in [1.29, 1.82) is 0 Å². The molecule has 20 heavy (non-hydrogen) atoms. The smallest absolute Gasteiger partial charge is 0.242 e. The lowest BCUT2D eigenvalue weighted by atomic mass is 10.1. The number of amides is 2. The van der Waals surface area contributed by atoms with Crippen molar-refractivity contribution in [1.82, 2.24) is 10.2 Å². The summed E-state index contributed by atoms with van der Waals surface area (Å²) in [6, 6.07) is 4.58. The molecule has 0 bridgehead atoms. The number of nitrogens with zero attached hydrogens (tertiary/aromatic N) is 1. The predicted molar refractivity (Wildman–Crippen MR) is 80.8 cm³/mol. The van der Waals surface area contributed by atoms with Crippen LogP contribution in [0.15, 0.2) is 18.2 Å². The SMILES string of the molecule is CCC(=O)N(Cc1c(Cl)cccc1Cl)[C@@H](C)C(=O)NC. The molecule has 4 nitrogen and oxygen atoms in total. The summed E-state index contributed by atoms with van der Waals surface area (Å²) in [4.78, 5) is 25.3. The maximum Gasteiger partial charge on any atom is 0.242 e. The molecule has 110 valence electrons. The largest absolute Gasteiger partial charge is 0.357 e. The molecule has 1 atom stereocenters. The number of nitrogens with one attached hydrogen (secondary N) is 1. The van der Waals surface area contributed by atoms with Gasteiger partial charge in [-0.3, -0.25) is 9.59 Å². The van der Waals surface area contributed by atoms with Gasteiger partial charge >= 0.3 is 0 Å². The van der Waals surface area contributed by atoms with Crippen LogP contribution in [0.4, 0.5) is 0 Å². The van der Waals surface area contributed by atoms with E-state index in [1.165, 1.54) is 11.9 Å². The molecule has 0 fully saturated rings. The fraction of sp³-hybridized carbons (Fsp3) is 0.429. The molecule has 2 amide bonds. The minimum absolute atomic E-state index is 0.128. The Balaban J connectivity index is 3.07. The van der Waals surface area contributed by atoms with E-state index in [0.29, 0.717) is 22.0 Å². The van der Waals surface area contributed by atoms with Crippen LogP contribution in [0.2, 0.25) is 10.0 Å². The lowest BCUT2D eigenvalue weighted by Crippen LogP contribution is -2.46. The molecule has 6 heteroatoms. The van der Waals surface area contributed by atoms with Crippen molar-refractivity contribution in [2.75, 3.05) is 7.05 Å². The Bertz CT molecular complexity index is 486. The molecule has 0 aliphatic rings. The van der Waals surface area contributed by atoms with Gasteiger partial charge in [0.05, 0.1) is 0 Å². The fourth-order valence-electron chi connectivity index (χ4n) is 1.85. The second-order valence-corrected chi connectivity index (χ2v) is 5.18. The summed E-state index contributed by atoms with van der Waals surface area (Å²) in [5.41, 5.74) is 0.647. The van der Waals surface area contributed by atoms with Crippen molar-refractivity contribution >= 4 is 35.0 Å². The molecule has 1 aromatic rings. The number of carbonyl (C=O) groups is 2. The van der Waals surface area contributed by atoms with Gasteiger partial charge in [-0.1, -0.05) is 36.2 Å². The van der Waals surface area contributed by atoms with Gasteiger partial charge in [0, 0.05) is 35.6 Å². The van der Waals surface area contributed by atoms with Crippen molar-refractivity contribution in [3.63, 3.8) is 0 Å². The lowest BCUT2D eigenvalue weighted by Gasteiger charge is -2.28. The molecular formula is C14H18Cl2N2O2. The highest BCUT2D eigenvalue weighted by molar-refractivity contribution is 6.36. The first-order chi connectivity index (χ1) is 9.42. The van der Waals surface area contributed by atoms with Crippen molar-refractivity contribution in [2.24, 2.45) is 0 Å². The highest BCUT2D eigenvalue weighted by Gasteiger charge is 2.25. The molecule has 0 aliphatic heterocycles. The first-order valence-electron chi connectivity index (χ1n) is 6.36. The normalized spacial score (nSPS) is 11.8. The molecule has 0 heterocycles. The lowest BCUT2D eigenvalue weighted by molar-refractivity contribution is -0.140. The molecular weight excluding hydrogens is 299 g/mol. The Morgan fingerprint density at radius 1 is 1.30 bits per heavy atom. The number of rotatable bonds is 5. The second kappa shape index (κ2) is 7.50. The highest BCUT2D eigenvalue weighted by Crippen LogP contribution is 2.26. The Kier molecular flexibility index (Phi) is 6.30. The Labute approximate surface area is 129 Å². The maximum absolute atomic E-state index is 12.1. The molecule has 0 saturated carbocycles. The molecule has 1 rings (SSSR count). The van der Waals surface area contributed by atoms with Crippen LogP contribution in [0, 0.1) is 0 Å². The molecule has 0 aromatic heterocycles. The van der Waals surface area contributed by atoms with Crippen LogP contribution in [0.5, 0.6) is 0 Å². The third kappa shape index (κ3) is 3.87. The summed E-state index contributed by atoms with van der Waals surface area (Å²) in [5.74, 6) is -0.355. The van der Waals surface area contributed by atoms with Gasteiger partial charge in [-0.25, -0.2) is 0 Å². The van der Waals surface area contributed by atoms with Crippen LogP contribution in [-0.4, -0.2) is 29.8 Å². The van der Waals surface area contributed by atoms with Crippen LogP contribution in [0.25, 0.3) is 0 Å². The average Bonchev–Trinajstić information content (AvgIpc) is 2.44. The van der Waals surface area contributed by atoms with Gasteiger partial charge in [-0.05, 0) is 19.1 Å². The molecule has 0 unspecified atom stereocenters. The van der Waals surface area contributed by atoms with E-state index in [-0.39, 0.29) is 18.4 Å². The van der Waals surface area contributed by atoms with Gasteiger partial charge in [0.1, 0.15) is 6.04 Å². The summed E-state index contributed by atoms with van der Waals surface area (Å²) in [7, 11) is 1.54. The maximum atomic E-state index is 12.1. The van der Waals surface area contributed by atoms with Crippen LogP contribution in [0.3, 0.4) is 0 Å². The number of benzene rings is 1. The zero-order valence-electron chi connectivity index (χ0n) is 11.7. The van der Waals surface area contributed by atoms with Gasteiger partial charge in [0.2, 0.25) is 11.8 Å². The summed E-state index contributed by atoms with van der Waals surface area (Å²) < 4.78 is 0. The summed E-state index contributed by atoms with van der Waals surface area (Å²) >= 11 is 12.2. The van der Waals surface area contributed by atoms with Gasteiger partial charge in [0.25, 0.3) is 0 Å². The Morgan fingerprint density at radius 2 is 1.85 bits per heavy atom. The number of carbonyl (C=O) groups excluding carboxylic acids is 2. The number of likely N-dealkylation sites (N-methyl/N-ethyl adjacent to an activating group) is 1. The molecule has 1 aromatic carbocycles. The number of halogens is 2. The predicted octanol–water partition coefficient (Wildman–Crippen LogP) is 2.87. The van der Waals surface area contributed by atoms with Crippen molar-refractivity contribution in [3.05, 3.63) is 33.8 Å². The first-order valence-corrected chi connectivity index (χ1v) is 7.11. The van der Waals surface area contributed by atoms with Gasteiger partial charge in [-0.2, -0.15) is 0 Å². The third-order valence-electron chi connectivity index (χ3n) is 3.11. The topological polar surface area (TPSA) is 49.4 Å². The van der Waals surface area contributed by atoms with Crippen molar-refractivity contribution in [3.8, 4) is 0 Å². The van der Waals surface area contributed by atoms with E-state index < -0.39 is 6.04 Å². The zero-order chi connectivity index (χ0) is 15.3. The number of hydrogen-bond acceptors (Lipinski definition) is 2. The van der Waals surface area contributed by atoms with E-state index in [4.69, 9.17) is 23.2 Å². The second-order valence-electron chi connectivity index (χ2n) is 4.37. The van der Waals surface area contributed by atoms with Crippen LogP contribution >= 0.6 is 23.2 Å². The summed E-state index contributed by atoms with van der Waals surface area (Å²) in [6.45, 7) is 3.64. The third-order valence-corrected chi connectivity index (χ3v) is 3.81. The highest BCUT2D eigenvalue weighted by atomic mass is 35.5. The molecule has 0 aliphatic carbocycles. The Morgan fingerprint density at radius 3 is 2.30 bits per heavy atom. The van der Waals surface area contributed by atoms with Gasteiger partial charge in [-0.15, -0.1) is 0 Å². The van der Waals surface area contributed by atoms with E-state index in [1.807, 2.05) is 0 Å². The molecule has 0 spiro atoms. The van der Waals surface area contributed by atoms with E-state index in [2.05, 4.69) is 5.32 Å². The van der Waals surface area contributed by atoms with Crippen LogP contribution in [0.1, 0.15) is 25.8 Å². The standard InChI is InChI=1S/C14H18Cl2N2O2/c1-4-13(19)18(9(2)14(20)17-3)8-10-11(15)6-5-7-12(10)16/h5-7,9H,4,8H2,1-3H3,(H,17,20)/t9-/m0/s1. The van der Waals surface area contributed by atoms with E-state index in [9.17, 15) is 9.59 Å². The summed E-state index contributed by atoms with van der Waals surface area (Å²) in [6.07, 6.45) is 0.309. The minimum Gasteiger partial charge on any atom is -0.357 e. The number of hydrogen-bond donors (Lipinski definition) is 1. The van der Waals surface area contributed by atoms with Crippen LogP contribution in [-0.2, 0) is 16.1 Å². The van der Waals surface area contributed by atoms with Crippen molar-refractivity contribution in [2.45, 2.75) is 32.9 Å². The monoisotopic (exact) mass is 316 g/mol. The zero-order valence-corrected chi connectivity index (χ0v) is 13.3.